The van der Waals surface area contributed by atoms with Crippen LogP contribution >= 0.6 is 0 Å². The molecule has 0 spiro atoms. The Balaban J connectivity index is 1.85. The minimum atomic E-state index is -0.595. The van der Waals surface area contributed by atoms with E-state index in [2.05, 4.69) is 20.6 Å². The van der Waals surface area contributed by atoms with Crippen molar-refractivity contribution in [3.8, 4) is 18.2 Å². The van der Waals surface area contributed by atoms with Crippen LogP contribution in [0.2, 0.25) is 0 Å². The number of nitriles is 3. The third-order valence-corrected chi connectivity index (χ3v) is 6.59. The zero-order valence-corrected chi connectivity index (χ0v) is 20.2. The van der Waals surface area contributed by atoms with Gasteiger partial charge in [0, 0.05) is 11.1 Å². The van der Waals surface area contributed by atoms with Crippen LogP contribution in [0.5, 0.6) is 0 Å². The highest BCUT2D eigenvalue weighted by Crippen LogP contribution is 2.51. The molecule has 0 unspecified atom stereocenters. The maximum Gasteiger partial charge on any atom is 0.270 e. The summed E-state index contributed by atoms with van der Waals surface area (Å²) in [6.45, 7) is 23.0. The Hall–Kier alpha value is -6.58. The molecule has 3 aromatic rings. The van der Waals surface area contributed by atoms with Crippen LogP contribution in [0.25, 0.3) is 48.1 Å². The highest BCUT2D eigenvalue weighted by Gasteiger charge is 2.33. The number of hydrogen-bond acceptors (Lipinski definition) is 3. The lowest BCUT2D eigenvalue weighted by Crippen LogP contribution is -1.94. The highest BCUT2D eigenvalue weighted by molar-refractivity contribution is 6.27. The average Bonchev–Trinajstić information content (AvgIpc) is 3.46. The van der Waals surface area contributed by atoms with E-state index in [1.54, 1.807) is 24.3 Å². The molecule has 8 heteroatoms. The lowest BCUT2D eigenvalue weighted by atomic mass is 9.90. The number of benzene rings is 3. The Morgan fingerprint density at radius 3 is 1.70 bits per heavy atom. The fourth-order valence-corrected chi connectivity index (χ4v) is 5.05. The van der Waals surface area contributed by atoms with Crippen LogP contribution in [-0.2, 0) is 0 Å². The first-order valence-electron chi connectivity index (χ1n) is 11.4. The molecule has 0 heterocycles. The van der Waals surface area contributed by atoms with Gasteiger partial charge < -0.3 is 0 Å². The number of fused-ring (bicyclic) bond motifs is 2. The fraction of sp³-hybridized carbons (Fsp3) is 0. The smallest absolute Gasteiger partial charge is 0.237 e. The van der Waals surface area contributed by atoms with Crippen LogP contribution in [0, 0.1) is 65.3 Å². The van der Waals surface area contributed by atoms with E-state index in [9.17, 15) is 24.6 Å². The first-order valence-corrected chi connectivity index (χ1v) is 11.4. The molecule has 3 aromatic carbocycles. The van der Waals surface area contributed by atoms with Crippen molar-refractivity contribution in [2.45, 2.75) is 0 Å². The van der Waals surface area contributed by atoms with Gasteiger partial charge in [-0.15, -0.1) is 0 Å². The maximum atomic E-state index is 14.2. The molecule has 2 aliphatic carbocycles. The Labute approximate surface area is 227 Å². The van der Waals surface area contributed by atoms with Gasteiger partial charge in [0.15, 0.2) is 0 Å². The summed E-state index contributed by atoms with van der Waals surface area (Å²) in [6, 6.07) is 19.8. The predicted octanol–water partition coefficient (Wildman–Crippen LogP) is 7.52. The van der Waals surface area contributed by atoms with Gasteiger partial charge in [-0.25, -0.2) is 33.8 Å². The summed E-state index contributed by atoms with van der Waals surface area (Å²) >= 11 is 0. The van der Waals surface area contributed by atoms with Gasteiger partial charge in [-0.05, 0) is 74.9 Å². The molecule has 6 nitrogen and oxygen atoms in total. The van der Waals surface area contributed by atoms with Crippen LogP contribution < -0.4 is 0 Å². The minimum absolute atomic E-state index is 0.0407. The van der Waals surface area contributed by atoms with Crippen molar-refractivity contribution in [1.82, 2.24) is 0 Å². The number of nitrogens with zero attached hydrogens (tertiary/aromatic N) is 6. The molecule has 40 heavy (non-hydrogen) atoms. The van der Waals surface area contributed by atoms with Gasteiger partial charge >= 0.3 is 0 Å². The molecule has 0 N–H and O–H groups in total. The van der Waals surface area contributed by atoms with Crippen molar-refractivity contribution in [3.05, 3.63) is 151 Å². The standard InChI is InChI=1S/C32H10F2N6/c1-38-26(15-36)30-21-9-7-19(33)12-23(21)25(14-35)28(30)17-5-4-6-18(11-17)29-31(27(16-37)39-2)22-10-8-20(34)13-24(22)32(29)40-3/h4-13H/b30-26+,31-27-. The molecular weight excluding hydrogens is 506 g/mol. The SMILES string of the molecule is [C-]#[N+]C1=C(c2cccc(C3=C(C#N)c4cc(F)ccc4/C3=C(/C#N)[N+]#[C-])c2)/C(=C(/C#N)[N+]#[C-])c2ccc(F)cc21. The molecule has 0 saturated heterocycles. The Morgan fingerprint density at radius 1 is 0.650 bits per heavy atom. The van der Waals surface area contributed by atoms with E-state index >= 15 is 0 Å². The molecule has 0 fully saturated rings. The van der Waals surface area contributed by atoms with Crippen molar-refractivity contribution in [2.24, 2.45) is 0 Å². The first-order chi connectivity index (χ1) is 19.4. The summed E-state index contributed by atoms with van der Waals surface area (Å²) < 4.78 is 28.4. The summed E-state index contributed by atoms with van der Waals surface area (Å²) in [4.78, 5) is 10.3. The van der Waals surface area contributed by atoms with E-state index in [0.717, 1.165) is 0 Å². The lowest BCUT2D eigenvalue weighted by molar-refractivity contribution is 0.627. The van der Waals surface area contributed by atoms with Crippen LogP contribution in [0.1, 0.15) is 33.4 Å². The van der Waals surface area contributed by atoms with Crippen molar-refractivity contribution >= 4 is 33.6 Å². The van der Waals surface area contributed by atoms with Gasteiger partial charge in [0.25, 0.3) is 11.4 Å². The lowest BCUT2D eigenvalue weighted by Gasteiger charge is -2.13. The second kappa shape index (κ2) is 9.71. The van der Waals surface area contributed by atoms with Gasteiger partial charge in [0.1, 0.15) is 17.7 Å². The maximum absolute atomic E-state index is 14.2. The Morgan fingerprint density at radius 2 is 1.18 bits per heavy atom. The largest absolute Gasteiger partial charge is 0.270 e. The van der Waals surface area contributed by atoms with Gasteiger partial charge in [-0.1, -0.05) is 30.3 Å². The van der Waals surface area contributed by atoms with Gasteiger partial charge in [0.2, 0.25) is 5.70 Å². The topological polar surface area (TPSA) is 84.5 Å². The van der Waals surface area contributed by atoms with E-state index in [-0.39, 0.29) is 56.1 Å². The second-order valence-corrected chi connectivity index (χ2v) is 8.55. The molecule has 0 atom stereocenters. The predicted molar refractivity (Wildman–Crippen MR) is 143 cm³/mol. The monoisotopic (exact) mass is 516 g/mol. The van der Waals surface area contributed by atoms with Gasteiger partial charge in [0.05, 0.1) is 37.4 Å². The van der Waals surface area contributed by atoms with E-state index in [4.69, 9.17) is 19.7 Å². The number of hydrogen-bond donors (Lipinski definition) is 0. The summed E-state index contributed by atoms with van der Waals surface area (Å²) in [5.74, 6) is -1.18. The van der Waals surface area contributed by atoms with Gasteiger partial charge in [-0.2, -0.15) is 5.26 Å². The molecule has 0 aliphatic heterocycles. The molecule has 0 amide bonds. The normalized spacial score (nSPS) is 15.5. The van der Waals surface area contributed by atoms with E-state index < -0.39 is 11.6 Å². The molecule has 5 rings (SSSR count). The number of allylic oxidation sites excluding steroid dienone is 7. The van der Waals surface area contributed by atoms with Gasteiger partial charge in [-0.3, -0.25) is 0 Å². The summed E-state index contributed by atoms with van der Waals surface area (Å²) in [5, 5.41) is 29.5. The zero-order valence-electron chi connectivity index (χ0n) is 20.2. The molecule has 2 aliphatic rings. The quantitative estimate of drug-likeness (QED) is 0.261. The Kier molecular flexibility index (Phi) is 6.09. The summed E-state index contributed by atoms with van der Waals surface area (Å²) in [5.41, 5.74) is 2.32. The fourth-order valence-electron chi connectivity index (χ4n) is 5.05. The average molecular weight is 516 g/mol. The van der Waals surface area contributed by atoms with Crippen molar-refractivity contribution in [1.29, 1.82) is 15.8 Å². The molecule has 0 bridgehead atoms. The van der Waals surface area contributed by atoms with Crippen molar-refractivity contribution < 1.29 is 8.78 Å². The third-order valence-electron chi connectivity index (χ3n) is 6.59. The van der Waals surface area contributed by atoms with Crippen LogP contribution in [0.3, 0.4) is 0 Å². The molecular formula is C32H10F2N6. The molecule has 0 radical (unpaired) electrons. The van der Waals surface area contributed by atoms with E-state index in [0.29, 0.717) is 22.3 Å². The third kappa shape index (κ3) is 3.64. The minimum Gasteiger partial charge on any atom is -0.237 e. The molecule has 0 saturated carbocycles. The number of halogens is 2. The summed E-state index contributed by atoms with van der Waals surface area (Å²) in [6.07, 6.45) is 0. The molecule has 0 aromatic heterocycles. The van der Waals surface area contributed by atoms with Crippen LogP contribution in [-0.4, -0.2) is 0 Å². The summed E-state index contributed by atoms with van der Waals surface area (Å²) in [7, 11) is 0. The zero-order chi connectivity index (χ0) is 28.6. The number of rotatable bonds is 2. The van der Waals surface area contributed by atoms with Crippen molar-refractivity contribution in [2.75, 3.05) is 0 Å². The Bertz CT molecular complexity index is 1910. The van der Waals surface area contributed by atoms with Crippen LogP contribution in [0.15, 0.2) is 72.1 Å². The van der Waals surface area contributed by atoms with E-state index in [1.807, 2.05) is 12.1 Å². The second-order valence-electron chi connectivity index (χ2n) is 8.55. The van der Waals surface area contributed by atoms with E-state index in [1.165, 1.54) is 36.4 Å². The van der Waals surface area contributed by atoms with Crippen LogP contribution in [0.4, 0.5) is 8.78 Å². The van der Waals surface area contributed by atoms with Crippen molar-refractivity contribution in [3.63, 3.8) is 0 Å². The highest BCUT2D eigenvalue weighted by atomic mass is 19.1. The first kappa shape index (κ1) is 25.1. The molecule has 182 valence electrons.